The number of aromatic nitrogens is 1. The van der Waals surface area contributed by atoms with Crippen LogP contribution in [-0.2, 0) is 0 Å². The monoisotopic (exact) mass is 326 g/mol. The van der Waals surface area contributed by atoms with Gasteiger partial charge in [-0.15, -0.1) is 0 Å². The fourth-order valence-corrected chi connectivity index (χ4v) is 2.57. The molecule has 2 aromatic carbocycles. The molecule has 1 aromatic heterocycles. The van der Waals surface area contributed by atoms with Crippen molar-refractivity contribution in [2.24, 2.45) is 0 Å². The Morgan fingerprint density at radius 1 is 1.13 bits per heavy atom. The minimum absolute atomic E-state index is 0.0372. The Bertz CT molecular complexity index is 922. The van der Waals surface area contributed by atoms with Crippen molar-refractivity contribution in [2.75, 3.05) is 5.32 Å². The van der Waals surface area contributed by atoms with Gasteiger partial charge in [-0.05, 0) is 49.7 Å². The molecule has 0 spiro atoms. The molecular weight excluding hydrogens is 312 g/mol. The number of rotatable bonds is 2. The Labute approximate surface area is 138 Å². The zero-order chi connectivity index (χ0) is 16.6. The van der Waals surface area contributed by atoms with E-state index in [0.717, 1.165) is 16.5 Å². The molecule has 5 heteroatoms. The number of fused-ring (bicyclic) bond motifs is 1. The van der Waals surface area contributed by atoms with Crippen LogP contribution in [0.4, 0.5) is 5.69 Å². The summed E-state index contributed by atoms with van der Waals surface area (Å²) in [6, 6.07) is 12.2. The number of nitrogens with one attached hydrogen (secondary N) is 1. The van der Waals surface area contributed by atoms with Crippen molar-refractivity contribution in [1.29, 1.82) is 0 Å². The molecule has 0 aliphatic rings. The summed E-state index contributed by atoms with van der Waals surface area (Å²) in [4.78, 5) is 17.0. The molecule has 3 aromatic rings. The second-order valence-corrected chi connectivity index (χ2v) is 5.87. The van der Waals surface area contributed by atoms with Crippen LogP contribution in [0, 0.1) is 13.8 Å². The van der Waals surface area contributed by atoms with Gasteiger partial charge in [0.2, 0.25) is 0 Å². The number of phenols is 1. The number of halogens is 1. The molecule has 0 radical (unpaired) electrons. The Hall–Kier alpha value is -2.59. The highest BCUT2D eigenvalue weighted by Crippen LogP contribution is 2.27. The van der Waals surface area contributed by atoms with E-state index >= 15 is 0 Å². The van der Waals surface area contributed by atoms with E-state index in [1.165, 1.54) is 12.1 Å². The van der Waals surface area contributed by atoms with Gasteiger partial charge in [-0.3, -0.25) is 9.78 Å². The summed E-state index contributed by atoms with van der Waals surface area (Å²) in [5.74, 6) is -0.375. The molecule has 1 amide bonds. The second kappa shape index (κ2) is 5.89. The van der Waals surface area contributed by atoms with Crippen molar-refractivity contribution in [3.05, 3.63) is 64.3 Å². The van der Waals surface area contributed by atoms with Crippen molar-refractivity contribution in [1.82, 2.24) is 4.98 Å². The smallest absolute Gasteiger partial charge is 0.257 e. The minimum Gasteiger partial charge on any atom is -0.506 e. The summed E-state index contributed by atoms with van der Waals surface area (Å²) in [5, 5.41) is 13.8. The lowest BCUT2D eigenvalue weighted by Crippen LogP contribution is -2.14. The number of hydrogen-bond acceptors (Lipinski definition) is 3. The van der Waals surface area contributed by atoms with Gasteiger partial charge in [0, 0.05) is 10.4 Å². The number of carbonyl (C=O) groups is 1. The maximum absolute atomic E-state index is 12.5. The third-order valence-corrected chi connectivity index (χ3v) is 3.85. The van der Waals surface area contributed by atoms with Gasteiger partial charge < -0.3 is 10.4 Å². The van der Waals surface area contributed by atoms with Crippen molar-refractivity contribution in [3.63, 3.8) is 0 Å². The van der Waals surface area contributed by atoms with Gasteiger partial charge in [0.25, 0.3) is 5.91 Å². The van der Waals surface area contributed by atoms with Crippen LogP contribution in [0.5, 0.6) is 5.75 Å². The van der Waals surface area contributed by atoms with E-state index < -0.39 is 0 Å². The number of pyridine rings is 1. The van der Waals surface area contributed by atoms with Crippen molar-refractivity contribution in [3.8, 4) is 5.75 Å². The molecule has 2 N–H and O–H groups in total. The van der Waals surface area contributed by atoms with Gasteiger partial charge in [0.05, 0.1) is 22.5 Å². The van der Waals surface area contributed by atoms with Gasteiger partial charge in [-0.2, -0.15) is 0 Å². The largest absolute Gasteiger partial charge is 0.506 e. The molecule has 0 saturated carbocycles. The number of phenolic OH excluding ortho intramolecular Hbond substituents is 1. The molecule has 116 valence electrons. The van der Waals surface area contributed by atoms with Gasteiger partial charge >= 0.3 is 0 Å². The zero-order valence-corrected chi connectivity index (χ0v) is 13.5. The van der Waals surface area contributed by atoms with E-state index in [4.69, 9.17) is 11.6 Å². The predicted octanol–water partition coefficient (Wildman–Crippen LogP) is 4.46. The summed E-state index contributed by atoms with van der Waals surface area (Å²) in [6.07, 6.45) is 0. The van der Waals surface area contributed by atoms with Crippen LogP contribution in [0.25, 0.3) is 10.9 Å². The highest BCUT2D eigenvalue weighted by Gasteiger charge is 2.14. The third-order valence-electron chi connectivity index (χ3n) is 3.62. The second-order valence-electron chi connectivity index (χ2n) is 5.43. The van der Waals surface area contributed by atoms with Crippen molar-refractivity contribution in [2.45, 2.75) is 13.8 Å². The number of anilines is 1. The van der Waals surface area contributed by atoms with Gasteiger partial charge in [-0.25, -0.2) is 0 Å². The average molecular weight is 327 g/mol. The van der Waals surface area contributed by atoms with E-state index in [2.05, 4.69) is 10.3 Å². The molecule has 0 aliphatic carbocycles. The fourth-order valence-electron chi connectivity index (χ4n) is 2.40. The van der Waals surface area contributed by atoms with E-state index in [1.807, 2.05) is 25.1 Å². The third kappa shape index (κ3) is 3.12. The first kappa shape index (κ1) is 15.3. The van der Waals surface area contributed by atoms with E-state index in [9.17, 15) is 9.90 Å². The maximum Gasteiger partial charge on any atom is 0.257 e. The minimum atomic E-state index is -0.338. The van der Waals surface area contributed by atoms with Crippen LogP contribution in [0.3, 0.4) is 0 Å². The number of amides is 1. The van der Waals surface area contributed by atoms with Crippen molar-refractivity contribution >= 4 is 34.1 Å². The number of carbonyl (C=O) groups excluding carboxylic acids is 1. The summed E-state index contributed by atoms with van der Waals surface area (Å²) >= 11 is 5.90. The van der Waals surface area contributed by atoms with E-state index in [0.29, 0.717) is 16.3 Å². The predicted molar refractivity (Wildman–Crippen MR) is 92.3 cm³/mol. The zero-order valence-electron chi connectivity index (χ0n) is 12.7. The summed E-state index contributed by atoms with van der Waals surface area (Å²) < 4.78 is 0. The van der Waals surface area contributed by atoms with Crippen LogP contribution in [0.15, 0.2) is 42.5 Å². The molecule has 4 nitrogen and oxygen atoms in total. The lowest BCUT2D eigenvalue weighted by Gasteiger charge is -2.10. The SMILES string of the molecule is Cc1ccc2cc(C(=O)Nc3cc(Cl)ccc3O)c(C)nc2c1. The molecule has 0 fully saturated rings. The Kier molecular flexibility index (Phi) is 3.92. The van der Waals surface area contributed by atoms with Crippen LogP contribution < -0.4 is 5.32 Å². The molecule has 0 saturated heterocycles. The normalized spacial score (nSPS) is 10.7. The topological polar surface area (TPSA) is 62.2 Å². The van der Waals surface area contributed by atoms with E-state index in [1.54, 1.807) is 19.1 Å². The first-order chi connectivity index (χ1) is 10.9. The first-order valence-corrected chi connectivity index (χ1v) is 7.50. The number of benzene rings is 2. The Balaban J connectivity index is 1.99. The molecular formula is C18H15ClN2O2. The molecule has 0 aliphatic heterocycles. The molecule has 1 heterocycles. The van der Waals surface area contributed by atoms with E-state index in [-0.39, 0.29) is 17.3 Å². The van der Waals surface area contributed by atoms with Gasteiger partial charge in [0.15, 0.2) is 0 Å². The first-order valence-electron chi connectivity index (χ1n) is 7.12. The van der Waals surface area contributed by atoms with Crippen molar-refractivity contribution < 1.29 is 9.90 Å². The van der Waals surface area contributed by atoms with Crippen LogP contribution in [-0.4, -0.2) is 16.0 Å². The highest BCUT2D eigenvalue weighted by molar-refractivity contribution is 6.31. The lowest BCUT2D eigenvalue weighted by molar-refractivity contribution is 0.102. The number of hydrogen-bond donors (Lipinski definition) is 2. The van der Waals surface area contributed by atoms with Gasteiger partial charge in [0.1, 0.15) is 5.75 Å². The standard InChI is InChI=1S/C18H15ClN2O2/c1-10-3-4-12-8-14(11(2)20-15(12)7-10)18(23)21-16-9-13(19)5-6-17(16)22/h3-9,22H,1-2H3,(H,21,23). The molecule has 0 bridgehead atoms. The number of nitrogens with zero attached hydrogens (tertiary/aromatic N) is 1. The maximum atomic E-state index is 12.5. The molecule has 3 rings (SSSR count). The average Bonchev–Trinajstić information content (AvgIpc) is 2.50. The number of aryl methyl sites for hydroxylation is 2. The van der Waals surface area contributed by atoms with Crippen LogP contribution in [0.2, 0.25) is 5.02 Å². The molecule has 0 atom stereocenters. The summed E-state index contributed by atoms with van der Waals surface area (Å²) in [7, 11) is 0. The summed E-state index contributed by atoms with van der Waals surface area (Å²) in [6.45, 7) is 3.79. The van der Waals surface area contributed by atoms with Gasteiger partial charge in [-0.1, -0.05) is 23.7 Å². The quantitative estimate of drug-likeness (QED) is 0.683. The summed E-state index contributed by atoms with van der Waals surface area (Å²) in [5.41, 5.74) is 3.32. The Morgan fingerprint density at radius 2 is 1.91 bits per heavy atom. The fraction of sp³-hybridized carbons (Fsp3) is 0.111. The molecule has 0 unspecified atom stereocenters. The Morgan fingerprint density at radius 3 is 2.70 bits per heavy atom. The highest BCUT2D eigenvalue weighted by atomic mass is 35.5. The number of aromatic hydroxyl groups is 1. The molecule has 23 heavy (non-hydrogen) atoms. The lowest BCUT2D eigenvalue weighted by atomic mass is 10.1. The van der Waals surface area contributed by atoms with Crippen LogP contribution in [0.1, 0.15) is 21.6 Å². The van der Waals surface area contributed by atoms with Crippen LogP contribution >= 0.6 is 11.6 Å².